The van der Waals surface area contributed by atoms with Crippen LogP contribution in [0.2, 0.25) is 0 Å². The molecule has 2 aromatic rings. The van der Waals surface area contributed by atoms with Crippen LogP contribution < -0.4 is 5.32 Å². The van der Waals surface area contributed by atoms with Gasteiger partial charge in [-0.15, -0.1) is 0 Å². The summed E-state index contributed by atoms with van der Waals surface area (Å²) in [5.74, 6) is -3.19. The Morgan fingerprint density at radius 1 is 1.25 bits per heavy atom. The van der Waals surface area contributed by atoms with Crippen molar-refractivity contribution in [3.05, 3.63) is 47.8 Å². The number of nitrogens with one attached hydrogen (secondary N) is 1. The first-order valence-electron chi connectivity index (χ1n) is 6.58. The van der Waals surface area contributed by atoms with Gasteiger partial charge in [0.1, 0.15) is 21.4 Å². The van der Waals surface area contributed by atoms with Crippen molar-refractivity contribution in [1.82, 2.24) is 10.3 Å². The van der Waals surface area contributed by atoms with E-state index in [-0.39, 0.29) is 0 Å². The van der Waals surface area contributed by atoms with Gasteiger partial charge in [-0.1, -0.05) is 12.1 Å². The second kappa shape index (κ2) is 6.46. The molecule has 1 heterocycles. The molecular formula is C15H9B2N3O4. The number of carbonyl (C=O) groups excluding carboxylic acids is 1. The highest BCUT2D eigenvalue weighted by Crippen LogP contribution is 2.25. The molecule has 0 bridgehead atoms. The maximum Gasteiger partial charge on any atom is 0.310 e. The van der Waals surface area contributed by atoms with Crippen LogP contribution in [0.4, 0.5) is 0 Å². The summed E-state index contributed by atoms with van der Waals surface area (Å²) in [6, 6.07) is 9.81. The second-order valence-corrected chi connectivity index (χ2v) is 4.91. The molecule has 24 heavy (non-hydrogen) atoms. The summed E-state index contributed by atoms with van der Waals surface area (Å²) in [7, 11) is 10.4. The number of nitrogens with zero attached hydrogens (tertiary/aromatic N) is 2. The van der Waals surface area contributed by atoms with Gasteiger partial charge in [0.25, 0.3) is 5.91 Å². The Morgan fingerprint density at radius 2 is 1.96 bits per heavy atom. The van der Waals surface area contributed by atoms with Gasteiger partial charge >= 0.3 is 5.97 Å². The number of carboxylic acids is 1. The van der Waals surface area contributed by atoms with Crippen molar-refractivity contribution in [3.63, 3.8) is 0 Å². The molecule has 7 nitrogen and oxygen atoms in total. The summed E-state index contributed by atoms with van der Waals surface area (Å²) in [6.07, 6.45) is 1.29. The highest BCUT2D eigenvalue weighted by atomic mass is 16.4. The van der Waals surface area contributed by atoms with E-state index < -0.39 is 28.7 Å². The fourth-order valence-electron chi connectivity index (χ4n) is 1.85. The Kier molecular flexibility index (Phi) is 4.60. The predicted molar refractivity (Wildman–Crippen MR) is 85.4 cm³/mol. The van der Waals surface area contributed by atoms with Gasteiger partial charge in [0.2, 0.25) is 0 Å². The molecular weight excluding hydrogens is 308 g/mol. The Morgan fingerprint density at radius 3 is 2.54 bits per heavy atom. The van der Waals surface area contributed by atoms with E-state index in [0.717, 1.165) is 0 Å². The highest BCUT2D eigenvalue weighted by molar-refractivity contribution is 6.51. The monoisotopic (exact) mass is 317 g/mol. The molecule has 0 saturated carbocycles. The van der Waals surface area contributed by atoms with Crippen molar-refractivity contribution in [2.75, 3.05) is 0 Å². The maximum absolute atomic E-state index is 11.9. The van der Waals surface area contributed by atoms with Crippen LogP contribution in [0.5, 0.6) is 5.75 Å². The number of carbonyl (C=O) groups is 2. The van der Waals surface area contributed by atoms with E-state index in [9.17, 15) is 14.7 Å². The van der Waals surface area contributed by atoms with Crippen LogP contribution in [-0.2, 0) is 4.79 Å². The number of amides is 1. The minimum absolute atomic E-state index is 0.423. The zero-order valence-corrected chi connectivity index (χ0v) is 12.2. The molecule has 0 aliphatic carbocycles. The number of rotatable bonds is 4. The number of aromatic nitrogens is 1. The average Bonchev–Trinajstić information content (AvgIpc) is 2.54. The molecule has 3 N–H and O–H groups in total. The Labute approximate surface area is 139 Å². The Bertz CT molecular complexity index is 862. The van der Waals surface area contributed by atoms with E-state index in [0.29, 0.717) is 16.7 Å². The lowest BCUT2D eigenvalue weighted by Gasteiger charge is -2.22. The third-order valence-corrected chi connectivity index (χ3v) is 3.08. The molecule has 1 aromatic carbocycles. The van der Waals surface area contributed by atoms with Gasteiger partial charge in [-0.3, -0.25) is 9.59 Å². The summed E-state index contributed by atoms with van der Waals surface area (Å²) in [6.45, 7) is 0. The number of hydrogen-bond acceptors (Lipinski definition) is 5. The molecule has 0 atom stereocenters. The van der Waals surface area contributed by atoms with E-state index >= 15 is 0 Å². The van der Waals surface area contributed by atoms with Gasteiger partial charge in [-0.05, 0) is 23.8 Å². The number of aromatic hydroxyl groups is 1. The van der Waals surface area contributed by atoms with Gasteiger partial charge in [-0.25, -0.2) is 4.98 Å². The highest BCUT2D eigenvalue weighted by Gasteiger charge is 2.29. The van der Waals surface area contributed by atoms with Gasteiger partial charge in [0.15, 0.2) is 5.69 Å². The molecule has 0 aliphatic rings. The van der Waals surface area contributed by atoms with Crippen LogP contribution in [-0.4, -0.2) is 48.1 Å². The van der Waals surface area contributed by atoms with E-state index in [1.165, 1.54) is 12.3 Å². The van der Waals surface area contributed by atoms with E-state index in [4.69, 9.17) is 26.1 Å². The molecule has 1 aromatic heterocycles. The van der Waals surface area contributed by atoms with Crippen LogP contribution >= 0.6 is 0 Å². The molecule has 0 spiro atoms. The number of carboxylic acid groups (broad SMARTS) is 1. The normalized spacial score (nSPS) is 10.6. The quantitative estimate of drug-likeness (QED) is 0.689. The molecule has 4 radical (unpaired) electrons. The van der Waals surface area contributed by atoms with Gasteiger partial charge in [0, 0.05) is 11.8 Å². The van der Waals surface area contributed by atoms with Crippen LogP contribution in [0.25, 0.3) is 11.1 Å². The predicted octanol–water partition coefficient (Wildman–Crippen LogP) is 0.131. The average molecular weight is 317 g/mol. The first-order chi connectivity index (χ1) is 11.2. The lowest BCUT2D eigenvalue weighted by Crippen LogP contribution is -2.55. The molecule has 1 amide bonds. The number of pyridine rings is 1. The van der Waals surface area contributed by atoms with E-state index in [1.807, 2.05) is 11.4 Å². The zero-order chi connectivity index (χ0) is 17.9. The fraction of sp³-hybridized carbons (Fsp3) is 0.0667. The van der Waals surface area contributed by atoms with E-state index in [1.54, 1.807) is 24.3 Å². The molecule has 0 saturated heterocycles. The first kappa shape index (κ1) is 17.1. The summed E-state index contributed by atoms with van der Waals surface area (Å²) >= 11 is 0. The molecule has 114 valence electrons. The number of hydrogen-bond donors (Lipinski definition) is 3. The van der Waals surface area contributed by atoms with Crippen molar-refractivity contribution >= 4 is 27.6 Å². The SMILES string of the molecule is [B]C([B])(NC(=O)c1ncc(-c2cccc(C#N)c2)cc1O)C(=O)O. The van der Waals surface area contributed by atoms with Crippen LogP contribution in [0.15, 0.2) is 36.5 Å². The zero-order valence-electron chi connectivity index (χ0n) is 12.2. The van der Waals surface area contributed by atoms with Gasteiger partial charge in [-0.2, -0.15) is 5.26 Å². The molecule has 0 fully saturated rings. The van der Waals surface area contributed by atoms with Crippen LogP contribution in [0.1, 0.15) is 16.1 Å². The Balaban J connectivity index is 2.32. The minimum Gasteiger partial charge on any atom is -0.505 e. The third kappa shape index (κ3) is 3.55. The number of aliphatic carboxylic acids is 1. The minimum atomic E-state index is -2.50. The topological polar surface area (TPSA) is 123 Å². The number of benzene rings is 1. The van der Waals surface area contributed by atoms with Crippen LogP contribution in [0, 0.1) is 11.3 Å². The second-order valence-electron chi connectivity index (χ2n) is 4.91. The maximum atomic E-state index is 11.9. The standard InChI is InChI=1S/C15H9B2N3O4/c16-15(17,14(23)24)20-13(22)12-11(21)5-10(7-19-12)9-3-1-2-8(4-9)6-18/h1-5,7,21H,(H,20,22)(H,23,24). The lowest BCUT2D eigenvalue weighted by molar-refractivity contribution is -0.138. The van der Waals surface area contributed by atoms with Crippen LogP contribution in [0.3, 0.4) is 0 Å². The smallest absolute Gasteiger partial charge is 0.310 e. The van der Waals surface area contributed by atoms with Crippen molar-refractivity contribution in [1.29, 1.82) is 5.26 Å². The van der Waals surface area contributed by atoms with Crippen molar-refractivity contribution < 1.29 is 19.8 Å². The molecule has 0 aliphatic heterocycles. The first-order valence-corrected chi connectivity index (χ1v) is 6.58. The van der Waals surface area contributed by atoms with Crippen molar-refractivity contribution in [3.8, 4) is 22.9 Å². The fourth-order valence-corrected chi connectivity index (χ4v) is 1.85. The summed E-state index contributed by atoms with van der Waals surface area (Å²) in [5, 5.41) is 27.0. The third-order valence-electron chi connectivity index (χ3n) is 3.08. The summed E-state index contributed by atoms with van der Waals surface area (Å²) < 4.78 is 0. The summed E-state index contributed by atoms with van der Waals surface area (Å²) in [5.41, 5.74) is 1.07. The molecule has 0 unspecified atom stereocenters. The molecule has 2 rings (SSSR count). The van der Waals surface area contributed by atoms with E-state index in [2.05, 4.69) is 4.98 Å². The Hall–Kier alpha value is -3.27. The van der Waals surface area contributed by atoms with Gasteiger partial charge < -0.3 is 15.5 Å². The lowest BCUT2D eigenvalue weighted by atomic mass is 9.62. The van der Waals surface area contributed by atoms with Gasteiger partial charge in [0.05, 0.1) is 17.0 Å². The summed E-state index contributed by atoms with van der Waals surface area (Å²) in [4.78, 5) is 26.5. The number of nitriles is 1. The largest absolute Gasteiger partial charge is 0.505 e. The van der Waals surface area contributed by atoms with Crippen molar-refractivity contribution in [2.24, 2.45) is 0 Å². The molecule has 9 heteroatoms. The van der Waals surface area contributed by atoms with Crippen molar-refractivity contribution in [2.45, 2.75) is 5.34 Å².